The fraction of sp³-hybridized carbons (Fsp3) is 0.267. The number of aliphatic carboxylic acids is 1. The van der Waals surface area contributed by atoms with Crippen molar-refractivity contribution in [3.8, 4) is 10.4 Å². The third-order valence-corrected chi connectivity index (χ3v) is 6.41. The predicted octanol–water partition coefficient (Wildman–Crippen LogP) is 2.48. The summed E-state index contributed by atoms with van der Waals surface area (Å²) in [5.41, 5.74) is 1.14. The van der Waals surface area contributed by atoms with Crippen LogP contribution in [0.25, 0.3) is 10.4 Å². The molecule has 2 aromatic rings. The zero-order chi connectivity index (χ0) is 19.6. The first-order valence-electron chi connectivity index (χ1n) is 7.31. The van der Waals surface area contributed by atoms with Gasteiger partial charge in [-0.3, -0.25) is 9.59 Å². The zero-order valence-electron chi connectivity index (χ0n) is 14.0. The van der Waals surface area contributed by atoms with Crippen molar-refractivity contribution in [2.24, 2.45) is 0 Å². The summed E-state index contributed by atoms with van der Waals surface area (Å²) in [6.07, 6.45) is 0. The van der Waals surface area contributed by atoms with Gasteiger partial charge in [-0.2, -0.15) is 4.72 Å². The van der Waals surface area contributed by atoms with Gasteiger partial charge in [-0.15, -0.1) is 0 Å². The number of hydrogen-bond donors (Lipinski definition) is 3. The van der Waals surface area contributed by atoms with Gasteiger partial charge in [0.1, 0.15) is 10.9 Å². The van der Waals surface area contributed by atoms with Crippen LogP contribution >= 0.6 is 22.9 Å². The van der Waals surface area contributed by atoms with E-state index in [1.54, 1.807) is 13.0 Å². The summed E-state index contributed by atoms with van der Waals surface area (Å²) in [4.78, 5) is 26.7. The van der Waals surface area contributed by atoms with E-state index in [0.29, 0.717) is 21.3 Å². The van der Waals surface area contributed by atoms with Gasteiger partial charge in [0.05, 0.1) is 15.6 Å². The van der Waals surface area contributed by atoms with E-state index >= 15 is 0 Å². The highest BCUT2D eigenvalue weighted by atomic mass is 35.5. The largest absolute Gasteiger partial charge is 0.480 e. The van der Waals surface area contributed by atoms with Gasteiger partial charge in [-0.1, -0.05) is 29.0 Å². The van der Waals surface area contributed by atoms with Crippen molar-refractivity contribution in [2.45, 2.75) is 31.7 Å². The highest BCUT2D eigenvalue weighted by molar-refractivity contribution is 7.89. The summed E-state index contributed by atoms with van der Waals surface area (Å²) in [6, 6.07) is 3.07. The lowest BCUT2D eigenvalue weighted by molar-refractivity contribution is -0.138. The third kappa shape index (κ3) is 4.58. The van der Waals surface area contributed by atoms with Crippen molar-refractivity contribution in [1.29, 1.82) is 0 Å². The van der Waals surface area contributed by atoms with E-state index in [4.69, 9.17) is 16.7 Å². The molecule has 0 fully saturated rings. The molecular formula is C15H16ClN3O5S2. The number of thiazole rings is 1. The molecule has 0 aliphatic rings. The van der Waals surface area contributed by atoms with Crippen LogP contribution in [0.4, 0.5) is 5.13 Å². The highest BCUT2D eigenvalue weighted by Gasteiger charge is 2.25. The molecule has 3 N–H and O–H groups in total. The molecule has 0 bridgehead atoms. The normalized spacial score (nSPS) is 12.6. The molecule has 11 heteroatoms. The molecule has 0 aliphatic carbocycles. The molecule has 0 aliphatic heterocycles. The van der Waals surface area contributed by atoms with Crippen molar-refractivity contribution >= 4 is 50.0 Å². The Morgan fingerprint density at radius 2 is 2.00 bits per heavy atom. The minimum Gasteiger partial charge on any atom is -0.480 e. The van der Waals surface area contributed by atoms with Crippen LogP contribution in [0.2, 0.25) is 5.02 Å². The summed E-state index contributed by atoms with van der Waals surface area (Å²) in [7, 11) is -4.14. The van der Waals surface area contributed by atoms with Crippen LogP contribution in [-0.4, -0.2) is 36.4 Å². The fourth-order valence-corrected chi connectivity index (χ4v) is 4.80. The average molecular weight is 418 g/mol. The Labute approximate surface area is 159 Å². The molecule has 0 radical (unpaired) electrons. The van der Waals surface area contributed by atoms with Crippen molar-refractivity contribution < 1.29 is 23.1 Å². The minimum absolute atomic E-state index is 0.0388. The van der Waals surface area contributed by atoms with Gasteiger partial charge >= 0.3 is 5.97 Å². The van der Waals surface area contributed by atoms with Crippen LogP contribution in [0.5, 0.6) is 0 Å². The monoisotopic (exact) mass is 417 g/mol. The molecule has 2 rings (SSSR count). The Balaban J connectivity index is 2.46. The Kier molecular flexibility index (Phi) is 6.02. The molecule has 0 saturated heterocycles. The summed E-state index contributed by atoms with van der Waals surface area (Å²) < 4.78 is 27.0. The number of aromatic nitrogens is 1. The molecule has 8 nitrogen and oxygen atoms in total. The second kappa shape index (κ2) is 7.70. The van der Waals surface area contributed by atoms with Gasteiger partial charge in [-0.25, -0.2) is 13.4 Å². The molecule has 0 saturated carbocycles. The number of halogens is 1. The Bertz CT molecular complexity index is 972. The molecular weight excluding hydrogens is 402 g/mol. The maximum Gasteiger partial charge on any atom is 0.321 e. The number of carbonyl (C=O) groups excluding carboxylic acids is 1. The lowest BCUT2D eigenvalue weighted by Crippen LogP contribution is -2.38. The van der Waals surface area contributed by atoms with Gasteiger partial charge in [0, 0.05) is 6.92 Å². The average Bonchev–Trinajstić information content (AvgIpc) is 2.86. The van der Waals surface area contributed by atoms with Crippen LogP contribution in [0.15, 0.2) is 23.1 Å². The Morgan fingerprint density at radius 1 is 1.35 bits per heavy atom. The number of amides is 1. The molecule has 1 amide bonds. The third-order valence-electron chi connectivity index (χ3n) is 3.26. The van der Waals surface area contributed by atoms with E-state index < -0.39 is 22.0 Å². The number of aryl methyl sites for hydroxylation is 1. The van der Waals surface area contributed by atoms with Crippen molar-refractivity contribution in [3.63, 3.8) is 0 Å². The topological polar surface area (TPSA) is 125 Å². The molecule has 140 valence electrons. The molecule has 26 heavy (non-hydrogen) atoms. The Morgan fingerprint density at radius 3 is 2.58 bits per heavy atom. The number of anilines is 1. The molecule has 0 spiro atoms. The Hall–Kier alpha value is -2.01. The van der Waals surface area contributed by atoms with Crippen LogP contribution in [0.3, 0.4) is 0 Å². The number of nitrogens with one attached hydrogen (secondary N) is 2. The van der Waals surface area contributed by atoms with E-state index in [-0.39, 0.29) is 15.8 Å². The van der Waals surface area contributed by atoms with Gasteiger partial charge in [0.25, 0.3) is 0 Å². The summed E-state index contributed by atoms with van der Waals surface area (Å²) in [5, 5.41) is 11.8. The van der Waals surface area contributed by atoms with Crippen molar-refractivity contribution in [2.75, 3.05) is 5.32 Å². The first-order valence-corrected chi connectivity index (χ1v) is 9.99. The number of hydrogen-bond acceptors (Lipinski definition) is 6. The number of rotatable bonds is 6. The number of benzene rings is 1. The van der Waals surface area contributed by atoms with Crippen LogP contribution in [0, 0.1) is 6.92 Å². The predicted molar refractivity (Wildman–Crippen MR) is 99.0 cm³/mol. The number of carboxylic acid groups (broad SMARTS) is 1. The second-order valence-corrected chi connectivity index (χ2v) is 8.53. The maximum atomic E-state index is 12.5. The quantitative estimate of drug-likeness (QED) is 0.662. The molecule has 1 heterocycles. The summed E-state index contributed by atoms with van der Waals surface area (Å²) in [6.45, 7) is 4.30. The smallest absolute Gasteiger partial charge is 0.321 e. The van der Waals surface area contributed by atoms with E-state index in [0.717, 1.165) is 0 Å². The lowest BCUT2D eigenvalue weighted by atomic mass is 10.2. The zero-order valence-corrected chi connectivity index (χ0v) is 16.4. The summed E-state index contributed by atoms with van der Waals surface area (Å²) in [5.74, 6) is -1.57. The van der Waals surface area contributed by atoms with E-state index in [1.807, 2.05) is 0 Å². The fourth-order valence-electron chi connectivity index (χ4n) is 2.07. The van der Waals surface area contributed by atoms with Crippen molar-refractivity contribution in [3.05, 3.63) is 28.9 Å². The maximum absolute atomic E-state index is 12.5. The number of nitrogens with zero attached hydrogens (tertiary/aromatic N) is 1. The van der Waals surface area contributed by atoms with Crippen LogP contribution < -0.4 is 10.0 Å². The second-order valence-electron chi connectivity index (χ2n) is 5.44. The number of carbonyl (C=O) groups is 2. The first kappa shape index (κ1) is 20.3. The van der Waals surface area contributed by atoms with Gasteiger partial charge in [0.2, 0.25) is 15.9 Å². The molecule has 0 unspecified atom stereocenters. The number of sulfonamides is 1. The molecule has 1 aromatic carbocycles. The van der Waals surface area contributed by atoms with Gasteiger partial charge in [-0.05, 0) is 31.5 Å². The number of carboxylic acids is 1. The highest BCUT2D eigenvalue weighted by Crippen LogP contribution is 2.35. The minimum atomic E-state index is -4.14. The van der Waals surface area contributed by atoms with E-state index in [1.165, 1.54) is 37.3 Å². The van der Waals surface area contributed by atoms with Gasteiger partial charge in [0.15, 0.2) is 5.13 Å². The SMILES string of the molecule is CC(=O)Nc1nc(C)c(-c2ccc(Cl)c(S(=O)(=O)N[C@H](C)C(=O)O)c2)s1. The van der Waals surface area contributed by atoms with E-state index in [2.05, 4.69) is 15.0 Å². The van der Waals surface area contributed by atoms with Crippen LogP contribution in [-0.2, 0) is 19.6 Å². The van der Waals surface area contributed by atoms with Gasteiger partial charge < -0.3 is 10.4 Å². The lowest BCUT2D eigenvalue weighted by Gasteiger charge is -2.12. The standard InChI is InChI=1S/C15H16ClN3O5S2/c1-7-13(25-15(17-7)18-9(3)20)10-4-5-11(16)12(6-10)26(23,24)19-8(2)14(21)22/h4-6,8,19H,1-3H3,(H,21,22)(H,17,18,20)/t8-/m1/s1. The van der Waals surface area contributed by atoms with E-state index in [9.17, 15) is 18.0 Å². The van der Waals surface area contributed by atoms with Crippen LogP contribution in [0.1, 0.15) is 19.5 Å². The summed E-state index contributed by atoms with van der Waals surface area (Å²) >= 11 is 7.20. The molecule has 1 atom stereocenters. The first-order chi connectivity index (χ1) is 12.0. The van der Waals surface area contributed by atoms with Crippen molar-refractivity contribution in [1.82, 2.24) is 9.71 Å². The molecule has 1 aromatic heterocycles.